The van der Waals surface area contributed by atoms with Gasteiger partial charge in [-0.3, -0.25) is 9.59 Å². The zero-order chi connectivity index (χ0) is 15.9. The Balaban J connectivity index is 2.24. The van der Waals surface area contributed by atoms with E-state index in [0.29, 0.717) is 12.2 Å². The summed E-state index contributed by atoms with van der Waals surface area (Å²) in [5.74, 6) is -0.964. The summed E-state index contributed by atoms with van der Waals surface area (Å²) in [6, 6.07) is 16.9. The van der Waals surface area contributed by atoms with Crippen molar-refractivity contribution in [2.45, 2.75) is 13.3 Å². The van der Waals surface area contributed by atoms with Crippen molar-refractivity contribution in [2.75, 3.05) is 16.8 Å². The number of anilines is 3. The molecule has 2 N–H and O–H groups in total. The molecule has 0 radical (unpaired) electrons. The van der Waals surface area contributed by atoms with Gasteiger partial charge >= 0.3 is 5.97 Å². The maximum atomic E-state index is 11.0. The standard InChI is InChI=1S/C17H18N2O3/c1-13(20)18-14-7-9-16(10-8-14)19(12-11-17(21)22)15-5-3-2-4-6-15/h2-10H,11-12H2,1H3,(H,18,20)(H,21,22). The van der Waals surface area contributed by atoms with Gasteiger partial charge in [0.2, 0.25) is 5.91 Å². The smallest absolute Gasteiger partial charge is 0.305 e. The van der Waals surface area contributed by atoms with Gasteiger partial charge in [0, 0.05) is 30.5 Å². The van der Waals surface area contributed by atoms with Crippen LogP contribution in [0.2, 0.25) is 0 Å². The van der Waals surface area contributed by atoms with Crippen molar-refractivity contribution in [3.8, 4) is 0 Å². The van der Waals surface area contributed by atoms with Crippen LogP contribution < -0.4 is 10.2 Å². The monoisotopic (exact) mass is 298 g/mol. The Morgan fingerprint density at radius 2 is 1.59 bits per heavy atom. The number of carbonyl (C=O) groups is 2. The molecule has 0 saturated heterocycles. The Morgan fingerprint density at radius 1 is 1.00 bits per heavy atom. The van der Waals surface area contributed by atoms with Crippen LogP contribution in [0.4, 0.5) is 17.1 Å². The Morgan fingerprint density at radius 3 is 2.14 bits per heavy atom. The maximum absolute atomic E-state index is 11.0. The summed E-state index contributed by atoms with van der Waals surface area (Å²) in [5.41, 5.74) is 2.51. The van der Waals surface area contributed by atoms with Crippen molar-refractivity contribution in [3.63, 3.8) is 0 Å². The van der Waals surface area contributed by atoms with Crippen molar-refractivity contribution >= 4 is 28.9 Å². The first-order valence-electron chi connectivity index (χ1n) is 6.98. The van der Waals surface area contributed by atoms with Crippen LogP contribution in [-0.2, 0) is 9.59 Å². The van der Waals surface area contributed by atoms with Crippen molar-refractivity contribution < 1.29 is 14.7 Å². The highest BCUT2D eigenvalue weighted by atomic mass is 16.4. The van der Waals surface area contributed by atoms with Gasteiger partial charge in [-0.15, -0.1) is 0 Å². The fourth-order valence-electron chi connectivity index (χ4n) is 2.15. The minimum Gasteiger partial charge on any atom is -0.481 e. The fraction of sp³-hybridized carbons (Fsp3) is 0.176. The summed E-state index contributed by atoms with van der Waals surface area (Å²) in [5, 5.41) is 11.6. The third kappa shape index (κ3) is 4.34. The molecule has 0 fully saturated rings. The average Bonchev–Trinajstić information content (AvgIpc) is 2.49. The average molecular weight is 298 g/mol. The zero-order valence-electron chi connectivity index (χ0n) is 12.3. The largest absolute Gasteiger partial charge is 0.481 e. The third-order valence-corrected chi connectivity index (χ3v) is 3.12. The molecule has 0 spiro atoms. The number of amides is 1. The zero-order valence-corrected chi connectivity index (χ0v) is 12.3. The second kappa shape index (κ2) is 7.26. The molecule has 0 saturated carbocycles. The van der Waals surface area contributed by atoms with E-state index in [4.69, 9.17) is 5.11 Å². The highest BCUT2D eigenvalue weighted by Gasteiger charge is 2.11. The van der Waals surface area contributed by atoms with E-state index >= 15 is 0 Å². The van der Waals surface area contributed by atoms with Gasteiger partial charge in [0.25, 0.3) is 0 Å². The molecule has 0 atom stereocenters. The van der Waals surface area contributed by atoms with Gasteiger partial charge in [-0.2, -0.15) is 0 Å². The lowest BCUT2D eigenvalue weighted by molar-refractivity contribution is -0.136. The lowest BCUT2D eigenvalue weighted by Crippen LogP contribution is -2.20. The van der Waals surface area contributed by atoms with E-state index in [9.17, 15) is 9.59 Å². The number of aliphatic carboxylic acids is 1. The van der Waals surface area contributed by atoms with Gasteiger partial charge in [-0.05, 0) is 36.4 Å². The molecule has 0 bridgehead atoms. The normalized spacial score (nSPS) is 10.0. The Labute approximate surface area is 129 Å². The summed E-state index contributed by atoms with van der Waals surface area (Å²) >= 11 is 0. The number of benzene rings is 2. The first kappa shape index (κ1) is 15.6. The quantitative estimate of drug-likeness (QED) is 0.859. The van der Waals surface area contributed by atoms with Crippen molar-refractivity contribution in [3.05, 3.63) is 54.6 Å². The summed E-state index contributed by atoms with van der Waals surface area (Å²) in [6.07, 6.45) is 0.0440. The topological polar surface area (TPSA) is 69.6 Å². The van der Waals surface area contributed by atoms with E-state index in [2.05, 4.69) is 5.32 Å². The molecule has 2 aromatic rings. The first-order chi connectivity index (χ1) is 10.6. The van der Waals surface area contributed by atoms with Crippen LogP contribution in [0.1, 0.15) is 13.3 Å². The molecule has 0 aliphatic heterocycles. The lowest BCUT2D eigenvalue weighted by atomic mass is 10.2. The molecular weight excluding hydrogens is 280 g/mol. The molecule has 2 rings (SSSR count). The van der Waals surface area contributed by atoms with Gasteiger partial charge in [-0.1, -0.05) is 18.2 Å². The van der Waals surface area contributed by atoms with Crippen molar-refractivity contribution in [2.24, 2.45) is 0 Å². The molecule has 114 valence electrons. The van der Waals surface area contributed by atoms with E-state index < -0.39 is 5.97 Å². The number of nitrogens with one attached hydrogen (secondary N) is 1. The molecule has 2 aromatic carbocycles. The summed E-state index contributed by atoms with van der Waals surface area (Å²) in [4.78, 5) is 23.8. The number of para-hydroxylation sites is 1. The number of carbonyl (C=O) groups excluding carboxylic acids is 1. The minimum absolute atomic E-state index is 0.0440. The molecule has 0 unspecified atom stereocenters. The number of hydrogen-bond donors (Lipinski definition) is 2. The van der Waals surface area contributed by atoms with E-state index in [-0.39, 0.29) is 12.3 Å². The molecule has 0 aromatic heterocycles. The van der Waals surface area contributed by atoms with E-state index in [1.165, 1.54) is 6.92 Å². The van der Waals surface area contributed by atoms with Crippen LogP contribution in [0.3, 0.4) is 0 Å². The van der Waals surface area contributed by atoms with E-state index in [0.717, 1.165) is 11.4 Å². The minimum atomic E-state index is -0.837. The SMILES string of the molecule is CC(=O)Nc1ccc(N(CCC(=O)O)c2ccccc2)cc1. The Bertz CT molecular complexity index is 639. The molecule has 0 heterocycles. The second-order valence-electron chi connectivity index (χ2n) is 4.86. The van der Waals surface area contributed by atoms with Crippen LogP contribution >= 0.6 is 0 Å². The number of hydrogen-bond acceptors (Lipinski definition) is 3. The van der Waals surface area contributed by atoms with Crippen molar-refractivity contribution in [1.82, 2.24) is 0 Å². The molecule has 22 heavy (non-hydrogen) atoms. The molecule has 5 nitrogen and oxygen atoms in total. The Kier molecular flexibility index (Phi) is 5.14. The van der Waals surface area contributed by atoms with Crippen LogP contribution in [0, 0.1) is 0 Å². The molecule has 0 aliphatic carbocycles. The number of nitrogens with zero attached hydrogens (tertiary/aromatic N) is 1. The van der Waals surface area contributed by atoms with Gasteiger partial charge in [0.1, 0.15) is 0 Å². The predicted molar refractivity (Wildman–Crippen MR) is 86.4 cm³/mol. The number of carboxylic acid groups (broad SMARTS) is 1. The summed E-state index contributed by atoms with van der Waals surface area (Å²) in [7, 11) is 0. The molecular formula is C17H18N2O3. The van der Waals surface area contributed by atoms with Crippen LogP contribution in [0.25, 0.3) is 0 Å². The Hall–Kier alpha value is -2.82. The fourth-order valence-corrected chi connectivity index (χ4v) is 2.15. The van der Waals surface area contributed by atoms with Gasteiger partial charge in [-0.25, -0.2) is 0 Å². The molecule has 0 aliphatic rings. The predicted octanol–water partition coefficient (Wildman–Crippen LogP) is 3.26. The highest BCUT2D eigenvalue weighted by molar-refractivity contribution is 5.89. The van der Waals surface area contributed by atoms with Gasteiger partial charge in [0.15, 0.2) is 0 Å². The van der Waals surface area contributed by atoms with Gasteiger partial charge < -0.3 is 15.3 Å². The van der Waals surface area contributed by atoms with Crippen molar-refractivity contribution in [1.29, 1.82) is 0 Å². The maximum Gasteiger partial charge on any atom is 0.305 e. The van der Waals surface area contributed by atoms with E-state index in [1.807, 2.05) is 47.4 Å². The summed E-state index contributed by atoms with van der Waals surface area (Å²) in [6.45, 7) is 1.83. The van der Waals surface area contributed by atoms with Crippen LogP contribution in [-0.4, -0.2) is 23.5 Å². The number of carboxylic acids is 1. The number of rotatable bonds is 6. The lowest BCUT2D eigenvalue weighted by Gasteiger charge is -2.24. The van der Waals surface area contributed by atoms with Crippen LogP contribution in [0.5, 0.6) is 0 Å². The highest BCUT2D eigenvalue weighted by Crippen LogP contribution is 2.26. The summed E-state index contributed by atoms with van der Waals surface area (Å²) < 4.78 is 0. The second-order valence-corrected chi connectivity index (χ2v) is 4.86. The van der Waals surface area contributed by atoms with Crippen LogP contribution in [0.15, 0.2) is 54.6 Å². The van der Waals surface area contributed by atoms with E-state index in [1.54, 1.807) is 12.1 Å². The van der Waals surface area contributed by atoms with Gasteiger partial charge in [0.05, 0.1) is 6.42 Å². The first-order valence-corrected chi connectivity index (χ1v) is 6.98. The third-order valence-electron chi connectivity index (χ3n) is 3.12. The molecule has 1 amide bonds. The molecule has 5 heteroatoms.